The van der Waals surface area contributed by atoms with Gasteiger partial charge in [0, 0.05) is 64.1 Å². The summed E-state index contributed by atoms with van der Waals surface area (Å²) in [6, 6.07) is 4.57. The first kappa shape index (κ1) is 18.4. The third kappa shape index (κ3) is 4.32. The molecule has 0 N–H and O–H groups in total. The smallest absolute Gasteiger partial charge is 0.228 e. The van der Waals surface area contributed by atoms with Crippen molar-refractivity contribution < 1.29 is 9.59 Å². The molecule has 0 spiro atoms. The molecule has 1 aromatic heterocycles. The van der Waals surface area contributed by atoms with Gasteiger partial charge in [-0.2, -0.15) is 0 Å². The number of rotatable bonds is 4. The number of piperazine rings is 1. The molecule has 1 atom stereocenters. The van der Waals surface area contributed by atoms with Gasteiger partial charge >= 0.3 is 0 Å². The maximum Gasteiger partial charge on any atom is 0.228 e. The van der Waals surface area contributed by atoms with E-state index in [-0.39, 0.29) is 17.7 Å². The average molecular weight is 370 g/mol. The van der Waals surface area contributed by atoms with E-state index in [9.17, 15) is 9.59 Å². The molecule has 1 aliphatic carbocycles. The van der Waals surface area contributed by atoms with Gasteiger partial charge in [-0.3, -0.25) is 19.5 Å². The van der Waals surface area contributed by atoms with Crippen LogP contribution in [0.25, 0.3) is 0 Å². The number of amides is 2. The van der Waals surface area contributed by atoms with Crippen LogP contribution in [0.15, 0.2) is 24.5 Å². The van der Waals surface area contributed by atoms with Gasteiger partial charge in [0.25, 0.3) is 0 Å². The zero-order chi connectivity index (χ0) is 18.6. The van der Waals surface area contributed by atoms with Crippen molar-refractivity contribution >= 4 is 11.8 Å². The number of pyridine rings is 1. The van der Waals surface area contributed by atoms with Crippen molar-refractivity contribution in [2.24, 2.45) is 5.92 Å². The van der Waals surface area contributed by atoms with Crippen molar-refractivity contribution in [2.75, 3.05) is 32.7 Å². The number of carbonyl (C=O) groups is 2. The van der Waals surface area contributed by atoms with Crippen molar-refractivity contribution in [1.29, 1.82) is 0 Å². The Balaban J connectivity index is 1.28. The van der Waals surface area contributed by atoms with E-state index in [1.165, 1.54) is 32.1 Å². The molecular weight excluding hydrogens is 340 g/mol. The fourth-order valence-electron chi connectivity index (χ4n) is 4.81. The van der Waals surface area contributed by atoms with Gasteiger partial charge in [0.05, 0.1) is 5.92 Å². The second-order valence-corrected chi connectivity index (χ2v) is 8.19. The highest BCUT2D eigenvalue weighted by molar-refractivity contribution is 5.89. The van der Waals surface area contributed by atoms with Crippen LogP contribution in [-0.2, 0) is 16.1 Å². The number of hydrogen-bond acceptors (Lipinski definition) is 4. The van der Waals surface area contributed by atoms with Crippen LogP contribution in [0, 0.1) is 5.92 Å². The highest BCUT2D eigenvalue weighted by atomic mass is 16.2. The number of nitrogens with zero attached hydrogens (tertiary/aromatic N) is 4. The molecule has 146 valence electrons. The molecule has 1 aromatic rings. The molecule has 2 amide bonds. The Kier molecular flexibility index (Phi) is 5.72. The average Bonchev–Trinajstić information content (AvgIpc) is 3.09. The first-order valence-electron chi connectivity index (χ1n) is 10.4. The van der Waals surface area contributed by atoms with Crippen LogP contribution in [0.5, 0.6) is 0 Å². The first-order valence-corrected chi connectivity index (χ1v) is 10.4. The summed E-state index contributed by atoms with van der Waals surface area (Å²) in [5.74, 6) is 0.0637. The van der Waals surface area contributed by atoms with E-state index in [0.29, 0.717) is 19.5 Å². The van der Waals surface area contributed by atoms with E-state index in [4.69, 9.17) is 0 Å². The van der Waals surface area contributed by atoms with Crippen molar-refractivity contribution in [3.63, 3.8) is 0 Å². The molecule has 0 unspecified atom stereocenters. The predicted octanol–water partition coefficient (Wildman–Crippen LogP) is 1.91. The Morgan fingerprint density at radius 2 is 1.89 bits per heavy atom. The van der Waals surface area contributed by atoms with Gasteiger partial charge < -0.3 is 9.80 Å². The topological polar surface area (TPSA) is 56.8 Å². The van der Waals surface area contributed by atoms with Crippen molar-refractivity contribution in [3.05, 3.63) is 30.1 Å². The van der Waals surface area contributed by atoms with Gasteiger partial charge in [0.2, 0.25) is 11.8 Å². The normalized spacial score (nSPS) is 25.2. The van der Waals surface area contributed by atoms with Crippen LogP contribution in [0.2, 0.25) is 0 Å². The zero-order valence-electron chi connectivity index (χ0n) is 16.1. The number of carbonyl (C=O) groups excluding carboxylic acids is 2. The maximum atomic E-state index is 12.9. The molecular formula is C21H30N4O2. The first-order chi connectivity index (χ1) is 13.2. The van der Waals surface area contributed by atoms with E-state index in [2.05, 4.69) is 9.88 Å². The van der Waals surface area contributed by atoms with Gasteiger partial charge in [-0.05, 0) is 24.5 Å². The third-order valence-corrected chi connectivity index (χ3v) is 6.38. The molecule has 6 heteroatoms. The highest BCUT2D eigenvalue weighted by Gasteiger charge is 2.37. The van der Waals surface area contributed by atoms with E-state index < -0.39 is 0 Å². The summed E-state index contributed by atoms with van der Waals surface area (Å²) in [6.45, 7) is 4.67. The summed E-state index contributed by atoms with van der Waals surface area (Å²) in [5, 5.41) is 0. The second-order valence-electron chi connectivity index (χ2n) is 8.19. The summed E-state index contributed by atoms with van der Waals surface area (Å²) in [7, 11) is 0. The van der Waals surface area contributed by atoms with Crippen molar-refractivity contribution in [1.82, 2.24) is 19.7 Å². The molecule has 4 rings (SSSR count). The molecule has 6 nitrogen and oxygen atoms in total. The van der Waals surface area contributed by atoms with Crippen LogP contribution in [0.1, 0.15) is 44.1 Å². The lowest BCUT2D eigenvalue weighted by atomic mass is 9.93. The minimum atomic E-state index is -0.185. The molecule has 2 saturated heterocycles. The second kappa shape index (κ2) is 8.38. The molecule has 2 aliphatic heterocycles. The lowest BCUT2D eigenvalue weighted by Gasteiger charge is -2.41. The SMILES string of the molecule is O=C1C[C@H](C(=O)N2CCN(C3CCCCC3)CC2)CN1Cc1cccnc1. The quantitative estimate of drug-likeness (QED) is 0.812. The minimum Gasteiger partial charge on any atom is -0.340 e. The molecule has 1 saturated carbocycles. The Bertz CT molecular complexity index is 651. The maximum absolute atomic E-state index is 12.9. The predicted molar refractivity (Wildman–Crippen MR) is 103 cm³/mol. The standard InChI is InChI=1S/C21H30N4O2/c26-20-13-18(16-25(20)15-17-5-4-8-22-14-17)21(27)24-11-9-23(10-12-24)19-6-2-1-3-7-19/h4-5,8,14,18-19H,1-3,6-7,9-13,15-16H2/t18-/m0/s1. The van der Waals surface area contributed by atoms with Gasteiger partial charge in [-0.15, -0.1) is 0 Å². The molecule has 3 heterocycles. The Morgan fingerprint density at radius 1 is 1.11 bits per heavy atom. The molecule has 0 radical (unpaired) electrons. The van der Waals surface area contributed by atoms with Crippen LogP contribution in [0.4, 0.5) is 0 Å². The van der Waals surface area contributed by atoms with E-state index in [0.717, 1.165) is 37.8 Å². The minimum absolute atomic E-state index is 0.0815. The van der Waals surface area contributed by atoms with Gasteiger partial charge in [0.15, 0.2) is 0 Å². The van der Waals surface area contributed by atoms with Crippen LogP contribution < -0.4 is 0 Å². The number of likely N-dealkylation sites (tertiary alicyclic amines) is 1. The summed E-state index contributed by atoms with van der Waals surface area (Å²) >= 11 is 0. The lowest BCUT2D eigenvalue weighted by Crippen LogP contribution is -2.53. The van der Waals surface area contributed by atoms with Crippen LogP contribution in [-0.4, -0.2) is 70.3 Å². The summed E-state index contributed by atoms with van der Waals surface area (Å²) < 4.78 is 0. The van der Waals surface area contributed by atoms with Crippen LogP contribution in [0.3, 0.4) is 0 Å². The van der Waals surface area contributed by atoms with Gasteiger partial charge in [0.1, 0.15) is 0 Å². The Hall–Kier alpha value is -1.95. The largest absolute Gasteiger partial charge is 0.340 e. The molecule has 3 aliphatic rings. The summed E-state index contributed by atoms with van der Waals surface area (Å²) in [5.41, 5.74) is 1.01. The van der Waals surface area contributed by atoms with Crippen LogP contribution >= 0.6 is 0 Å². The molecule has 0 aromatic carbocycles. The van der Waals surface area contributed by atoms with E-state index in [1.54, 1.807) is 17.3 Å². The van der Waals surface area contributed by atoms with Gasteiger partial charge in [-0.25, -0.2) is 0 Å². The highest BCUT2D eigenvalue weighted by Crippen LogP contribution is 2.25. The molecule has 3 fully saturated rings. The fourth-order valence-corrected chi connectivity index (χ4v) is 4.81. The number of hydrogen-bond donors (Lipinski definition) is 0. The van der Waals surface area contributed by atoms with Gasteiger partial charge in [-0.1, -0.05) is 25.3 Å². The zero-order valence-corrected chi connectivity index (χ0v) is 16.1. The van der Waals surface area contributed by atoms with E-state index >= 15 is 0 Å². The van der Waals surface area contributed by atoms with Crippen molar-refractivity contribution in [3.8, 4) is 0 Å². The third-order valence-electron chi connectivity index (χ3n) is 6.38. The number of aromatic nitrogens is 1. The summed E-state index contributed by atoms with van der Waals surface area (Å²) in [4.78, 5) is 35.8. The van der Waals surface area contributed by atoms with Crippen molar-refractivity contribution in [2.45, 2.75) is 51.1 Å². The lowest BCUT2D eigenvalue weighted by molar-refractivity contribution is -0.137. The summed E-state index contributed by atoms with van der Waals surface area (Å²) in [6.07, 6.45) is 10.6. The fraction of sp³-hybridized carbons (Fsp3) is 0.667. The molecule has 27 heavy (non-hydrogen) atoms. The molecule has 0 bridgehead atoms. The van der Waals surface area contributed by atoms with E-state index in [1.807, 2.05) is 17.0 Å². The Morgan fingerprint density at radius 3 is 2.59 bits per heavy atom. The monoisotopic (exact) mass is 370 g/mol. The Labute approximate surface area is 161 Å².